The van der Waals surface area contributed by atoms with Gasteiger partial charge in [-0.15, -0.1) is 0 Å². The Morgan fingerprint density at radius 3 is 2.21 bits per heavy atom. The minimum atomic E-state index is 0.256. The Kier molecular flexibility index (Phi) is 7.53. The van der Waals surface area contributed by atoms with Crippen LogP contribution >= 0.6 is 0 Å². The standard InChI is InChI=1S/C16H28N2O/c1-4-15(11-12-19)17-13-14-7-9-16(10-8-14)18(5-2)6-3/h7-10,15,17,19H,4-6,11-13H2,1-3H3. The van der Waals surface area contributed by atoms with Crippen LogP contribution in [0.1, 0.15) is 39.2 Å². The maximum Gasteiger partial charge on any atom is 0.0445 e. The van der Waals surface area contributed by atoms with E-state index in [1.165, 1.54) is 11.3 Å². The predicted octanol–water partition coefficient (Wildman–Crippen LogP) is 2.78. The second-order valence-corrected chi connectivity index (χ2v) is 4.84. The van der Waals surface area contributed by atoms with Crippen molar-refractivity contribution < 1.29 is 5.11 Å². The van der Waals surface area contributed by atoms with Crippen molar-refractivity contribution in [3.8, 4) is 0 Å². The van der Waals surface area contributed by atoms with Crippen molar-refractivity contribution in [3.63, 3.8) is 0 Å². The molecule has 0 fully saturated rings. The first-order chi connectivity index (χ1) is 9.24. The van der Waals surface area contributed by atoms with Crippen LogP contribution in [0, 0.1) is 0 Å². The predicted molar refractivity (Wildman–Crippen MR) is 82.6 cm³/mol. The van der Waals surface area contributed by atoms with Crippen LogP contribution in [-0.2, 0) is 6.54 Å². The molecular weight excluding hydrogens is 236 g/mol. The molecule has 2 N–H and O–H groups in total. The fourth-order valence-corrected chi connectivity index (χ4v) is 2.28. The average Bonchev–Trinajstić information content (AvgIpc) is 2.46. The number of rotatable bonds is 9. The summed E-state index contributed by atoms with van der Waals surface area (Å²) < 4.78 is 0. The largest absolute Gasteiger partial charge is 0.396 e. The van der Waals surface area contributed by atoms with Crippen LogP contribution in [0.15, 0.2) is 24.3 Å². The molecule has 1 atom stereocenters. The highest BCUT2D eigenvalue weighted by Gasteiger charge is 2.05. The Morgan fingerprint density at radius 1 is 1.11 bits per heavy atom. The van der Waals surface area contributed by atoms with Crippen molar-refractivity contribution in [2.75, 3.05) is 24.6 Å². The minimum absolute atomic E-state index is 0.256. The van der Waals surface area contributed by atoms with Crippen LogP contribution in [0.3, 0.4) is 0 Å². The Balaban J connectivity index is 2.52. The lowest BCUT2D eigenvalue weighted by molar-refractivity contribution is 0.262. The number of hydrogen-bond acceptors (Lipinski definition) is 3. The Morgan fingerprint density at radius 2 is 1.74 bits per heavy atom. The zero-order valence-electron chi connectivity index (χ0n) is 12.5. The van der Waals surface area contributed by atoms with Crippen LogP contribution in [0.25, 0.3) is 0 Å². The molecule has 0 aliphatic carbocycles. The second kappa shape index (κ2) is 8.94. The number of anilines is 1. The van der Waals surface area contributed by atoms with Crippen molar-refractivity contribution in [3.05, 3.63) is 29.8 Å². The lowest BCUT2D eigenvalue weighted by Gasteiger charge is -2.21. The molecule has 0 amide bonds. The van der Waals surface area contributed by atoms with Gasteiger partial charge in [0.15, 0.2) is 0 Å². The van der Waals surface area contributed by atoms with Gasteiger partial charge < -0.3 is 15.3 Å². The van der Waals surface area contributed by atoms with E-state index >= 15 is 0 Å². The van der Waals surface area contributed by atoms with Crippen molar-refractivity contribution >= 4 is 5.69 Å². The number of benzene rings is 1. The number of nitrogens with zero attached hydrogens (tertiary/aromatic N) is 1. The van der Waals surface area contributed by atoms with E-state index in [9.17, 15) is 0 Å². The average molecular weight is 264 g/mol. The van der Waals surface area contributed by atoms with Gasteiger partial charge in [-0.25, -0.2) is 0 Å². The van der Waals surface area contributed by atoms with Crippen LogP contribution in [0.5, 0.6) is 0 Å². The first-order valence-corrected chi connectivity index (χ1v) is 7.43. The van der Waals surface area contributed by atoms with Gasteiger partial charge in [0.05, 0.1) is 0 Å². The molecule has 0 spiro atoms. The lowest BCUT2D eigenvalue weighted by atomic mass is 10.1. The summed E-state index contributed by atoms with van der Waals surface area (Å²) >= 11 is 0. The van der Waals surface area contributed by atoms with Crippen molar-refractivity contribution in [2.24, 2.45) is 0 Å². The number of hydrogen-bond donors (Lipinski definition) is 2. The molecule has 1 aromatic carbocycles. The van der Waals surface area contributed by atoms with Crippen molar-refractivity contribution in [1.82, 2.24) is 5.32 Å². The molecule has 1 aromatic rings. The van der Waals surface area contributed by atoms with E-state index in [1.807, 2.05) is 0 Å². The monoisotopic (exact) mass is 264 g/mol. The van der Waals surface area contributed by atoms with Crippen LogP contribution in [0.2, 0.25) is 0 Å². The highest BCUT2D eigenvalue weighted by Crippen LogP contribution is 2.15. The first-order valence-electron chi connectivity index (χ1n) is 7.43. The summed E-state index contributed by atoms with van der Waals surface area (Å²) in [5, 5.41) is 12.5. The number of nitrogens with one attached hydrogen (secondary N) is 1. The van der Waals surface area contributed by atoms with E-state index in [0.717, 1.165) is 32.5 Å². The lowest BCUT2D eigenvalue weighted by Crippen LogP contribution is -2.28. The third kappa shape index (κ3) is 5.21. The van der Waals surface area contributed by atoms with E-state index in [2.05, 4.69) is 55.3 Å². The quantitative estimate of drug-likeness (QED) is 0.720. The van der Waals surface area contributed by atoms with Gasteiger partial charge in [-0.1, -0.05) is 19.1 Å². The molecule has 108 valence electrons. The van der Waals surface area contributed by atoms with Gasteiger partial charge in [-0.05, 0) is 44.4 Å². The van der Waals surface area contributed by atoms with Gasteiger partial charge in [0.25, 0.3) is 0 Å². The minimum Gasteiger partial charge on any atom is -0.396 e. The van der Waals surface area contributed by atoms with Crippen molar-refractivity contribution in [1.29, 1.82) is 0 Å². The highest BCUT2D eigenvalue weighted by atomic mass is 16.3. The molecule has 3 nitrogen and oxygen atoms in total. The summed E-state index contributed by atoms with van der Waals surface area (Å²) in [6, 6.07) is 9.17. The summed E-state index contributed by atoms with van der Waals surface area (Å²) in [6.45, 7) is 9.73. The fourth-order valence-electron chi connectivity index (χ4n) is 2.28. The van der Waals surface area contributed by atoms with E-state index in [0.29, 0.717) is 6.04 Å². The zero-order chi connectivity index (χ0) is 14.1. The summed E-state index contributed by atoms with van der Waals surface area (Å²) in [7, 11) is 0. The number of aliphatic hydroxyl groups excluding tert-OH is 1. The molecule has 0 bridgehead atoms. The van der Waals surface area contributed by atoms with Gasteiger partial charge in [0.1, 0.15) is 0 Å². The molecule has 0 aliphatic heterocycles. The molecule has 1 rings (SSSR count). The van der Waals surface area contributed by atoms with Gasteiger partial charge in [0.2, 0.25) is 0 Å². The molecule has 0 aliphatic rings. The molecule has 0 radical (unpaired) electrons. The maximum absolute atomic E-state index is 8.97. The van der Waals surface area contributed by atoms with E-state index in [1.54, 1.807) is 0 Å². The Hall–Kier alpha value is -1.06. The molecule has 3 heteroatoms. The van der Waals surface area contributed by atoms with Gasteiger partial charge in [0, 0.05) is 38.0 Å². The molecular formula is C16H28N2O. The van der Waals surface area contributed by atoms with E-state index in [-0.39, 0.29) is 6.61 Å². The molecule has 0 saturated carbocycles. The fraction of sp³-hybridized carbons (Fsp3) is 0.625. The first kappa shape index (κ1) is 16.0. The van der Waals surface area contributed by atoms with Crippen LogP contribution in [-0.4, -0.2) is 30.8 Å². The smallest absolute Gasteiger partial charge is 0.0445 e. The van der Waals surface area contributed by atoms with Crippen molar-refractivity contribution in [2.45, 2.75) is 46.2 Å². The van der Waals surface area contributed by atoms with E-state index < -0.39 is 0 Å². The summed E-state index contributed by atoms with van der Waals surface area (Å²) in [5.74, 6) is 0. The van der Waals surface area contributed by atoms with Gasteiger partial charge in [-0.2, -0.15) is 0 Å². The van der Waals surface area contributed by atoms with E-state index in [4.69, 9.17) is 5.11 Å². The molecule has 0 heterocycles. The summed E-state index contributed by atoms with van der Waals surface area (Å²) in [5.41, 5.74) is 2.59. The Bertz CT molecular complexity index is 333. The van der Waals surface area contributed by atoms with Crippen LogP contribution in [0.4, 0.5) is 5.69 Å². The van der Waals surface area contributed by atoms with Crippen LogP contribution < -0.4 is 10.2 Å². The third-order valence-corrected chi connectivity index (χ3v) is 3.63. The van der Waals surface area contributed by atoms with Gasteiger partial charge >= 0.3 is 0 Å². The topological polar surface area (TPSA) is 35.5 Å². The molecule has 19 heavy (non-hydrogen) atoms. The molecule has 1 unspecified atom stereocenters. The maximum atomic E-state index is 8.97. The summed E-state index contributed by atoms with van der Waals surface area (Å²) in [6.07, 6.45) is 1.88. The normalized spacial score (nSPS) is 12.4. The second-order valence-electron chi connectivity index (χ2n) is 4.84. The zero-order valence-corrected chi connectivity index (χ0v) is 12.5. The van der Waals surface area contributed by atoms with Gasteiger partial charge in [-0.3, -0.25) is 0 Å². The number of aliphatic hydroxyl groups is 1. The third-order valence-electron chi connectivity index (χ3n) is 3.63. The molecule has 0 saturated heterocycles. The molecule has 0 aromatic heterocycles. The highest BCUT2D eigenvalue weighted by molar-refractivity contribution is 5.47. The summed E-state index contributed by atoms with van der Waals surface area (Å²) in [4.78, 5) is 2.35. The Labute approximate surface area is 117 Å². The SMILES string of the molecule is CCC(CCO)NCc1ccc(N(CC)CC)cc1.